The number of nitrogens with one attached hydrogen (secondary N) is 1. The van der Waals surface area contributed by atoms with Crippen LogP contribution < -0.4 is 10.2 Å². The van der Waals surface area contributed by atoms with E-state index in [1.807, 2.05) is 17.5 Å². The summed E-state index contributed by atoms with van der Waals surface area (Å²) in [7, 11) is -3.69. The van der Waals surface area contributed by atoms with Crippen molar-refractivity contribution in [1.29, 1.82) is 0 Å². The molecule has 4 rings (SSSR count). The Labute approximate surface area is 180 Å². The van der Waals surface area contributed by atoms with Gasteiger partial charge in [0.2, 0.25) is 21.8 Å². The molecule has 2 fully saturated rings. The van der Waals surface area contributed by atoms with Gasteiger partial charge in [0.05, 0.1) is 17.4 Å². The summed E-state index contributed by atoms with van der Waals surface area (Å²) in [6.45, 7) is 1.73. The fourth-order valence-corrected chi connectivity index (χ4v) is 6.14. The van der Waals surface area contributed by atoms with Crippen LogP contribution in [0.3, 0.4) is 0 Å². The minimum Gasteiger partial charge on any atom is -0.351 e. The number of sulfonamides is 1. The Bertz CT molecular complexity index is 1000. The zero-order chi connectivity index (χ0) is 21.1. The van der Waals surface area contributed by atoms with Crippen LogP contribution in [0.1, 0.15) is 30.6 Å². The lowest BCUT2D eigenvalue weighted by Gasteiger charge is -2.31. The predicted octanol–water partition coefficient (Wildman–Crippen LogP) is 2.59. The Balaban J connectivity index is 1.41. The average Bonchev–Trinajstić information content (AvgIpc) is 3.44. The highest BCUT2D eigenvalue weighted by Crippen LogP contribution is 2.27. The number of piperidine rings is 1. The molecule has 2 aliphatic heterocycles. The Kier molecular flexibility index (Phi) is 6.21. The smallest absolute Gasteiger partial charge is 0.243 e. The summed E-state index contributed by atoms with van der Waals surface area (Å²) in [5.74, 6) is -0.390. The second-order valence-electron chi connectivity index (χ2n) is 7.64. The van der Waals surface area contributed by atoms with Gasteiger partial charge in [-0.05, 0) is 55.0 Å². The van der Waals surface area contributed by atoms with Crippen LogP contribution in [0.2, 0.25) is 0 Å². The Morgan fingerprint density at radius 2 is 1.93 bits per heavy atom. The molecule has 30 heavy (non-hydrogen) atoms. The molecule has 0 radical (unpaired) electrons. The number of thiophene rings is 1. The van der Waals surface area contributed by atoms with Gasteiger partial charge in [0.15, 0.2) is 0 Å². The van der Waals surface area contributed by atoms with Crippen molar-refractivity contribution in [2.24, 2.45) is 5.92 Å². The number of carbonyl (C=O) groups excluding carboxylic acids is 2. The van der Waals surface area contributed by atoms with Gasteiger partial charge < -0.3 is 10.2 Å². The summed E-state index contributed by atoms with van der Waals surface area (Å²) in [6.07, 6.45) is 2.68. The third kappa shape index (κ3) is 4.43. The number of anilines is 1. The van der Waals surface area contributed by atoms with Crippen molar-refractivity contribution in [3.63, 3.8) is 0 Å². The number of hydrogen-bond acceptors (Lipinski definition) is 5. The highest BCUT2D eigenvalue weighted by atomic mass is 32.2. The molecule has 2 saturated heterocycles. The maximum absolute atomic E-state index is 13.1. The highest BCUT2D eigenvalue weighted by Gasteiger charge is 2.33. The van der Waals surface area contributed by atoms with Crippen molar-refractivity contribution >= 4 is 38.9 Å². The van der Waals surface area contributed by atoms with Crippen molar-refractivity contribution in [3.05, 3.63) is 46.7 Å². The fraction of sp³-hybridized carbons (Fsp3) is 0.429. The van der Waals surface area contributed by atoms with Gasteiger partial charge >= 0.3 is 0 Å². The normalized spacial score (nSPS) is 20.5. The van der Waals surface area contributed by atoms with Crippen molar-refractivity contribution in [2.45, 2.75) is 37.1 Å². The molecule has 0 bridgehead atoms. The zero-order valence-electron chi connectivity index (χ0n) is 16.6. The summed E-state index contributed by atoms with van der Waals surface area (Å²) in [5, 5.41) is 4.88. The number of rotatable bonds is 6. The number of benzene rings is 1. The van der Waals surface area contributed by atoms with Crippen LogP contribution in [0.25, 0.3) is 0 Å². The van der Waals surface area contributed by atoms with E-state index in [-0.39, 0.29) is 29.2 Å². The van der Waals surface area contributed by atoms with E-state index in [4.69, 9.17) is 0 Å². The molecule has 2 amide bonds. The van der Waals surface area contributed by atoms with E-state index >= 15 is 0 Å². The minimum atomic E-state index is -3.69. The van der Waals surface area contributed by atoms with E-state index < -0.39 is 10.0 Å². The van der Waals surface area contributed by atoms with Gasteiger partial charge in [-0.15, -0.1) is 11.3 Å². The van der Waals surface area contributed by atoms with Gasteiger partial charge in [0.25, 0.3) is 0 Å². The second-order valence-corrected chi connectivity index (χ2v) is 10.6. The van der Waals surface area contributed by atoms with Crippen LogP contribution in [0.5, 0.6) is 0 Å². The van der Waals surface area contributed by atoms with Crippen LogP contribution in [-0.2, 0) is 26.2 Å². The van der Waals surface area contributed by atoms with Gasteiger partial charge in [-0.1, -0.05) is 6.07 Å². The van der Waals surface area contributed by atoms with Crippen molar-refractivity contribution in [2.75, 3.05) is 24.5 Å². The number of amides is 2. The van der Waals surface area contributed by atoms with Crippen LogP contribution in [0.4, 0.5) is 5.69 Å². The van der Waals surface area contributed by atoms with E-state index in [1.54, 1.807) is 40.5 Å². The molecule has 1 aromatic heterocycles. The molecule has 7 nitrogen and oxygen atoms in total. The molecule has 0 unspecified atom stereocenters. The molecule has 0 aliphatic carbocycles. The molecular formula is C21H25N3O4S2. The number of carbonyl (C=O) groups is 2. The summed E-state index contributed by atoms with van der Waals surface area (Å²) in [5.41, 5.74) is 0.723. The largest absolute Gasteiger partial charge is 0.351 e. The van der Waals surface area contributed by atoms with Crippen molar-refractivity contribution in [1.82, 2.24) is 9.62 Å². The average molecular weight is 448 g/mol. The van der Waals surface area contributed by atoms with E-state index in [1.165, 1.54) is 4.31 Å². The van der Waals surface area contributed by atoms with Crippen LogP contribution in [-0.4, -0.2) is 44.2 Å². The van der Waals surface area contributed by atoms with Crippen molar-refractivity contribution < 1.29 is 18.0 Å². The molecule has 1 N–H and O–H groups in total. The van der Waals surface area contributed by atoms with Crippen LogP contribution in [0, 0.1) is 5.92 Å². The molecule has 2 aromatic rings. The predicted molar refractivity (Wildman–Crippen MR) is 116 cm³/mol. The van der Waals surface area contributed by atoms with E-state index in [9.17, 15) is 18.0 Å². The molecule has 9 heteroatoms. The summed E-state index contributed by atoms with van der Waals surface area (Å²) in [4.78, 5) is 27.4. The standard InChI is InChI=1S/C21H25N3O4S2/c25-20-6-2-12-24(20)17-7-9-19(10-8-17)30(27,28)23-11-1-4-16(15-23)21(26)22-14-18-5-3-13-29-18/h3,5,7-10,13,16H,1-2,4,6,11-12,14-15H2,(H,22,26)/t16-/m1/s1. The number of nitrogens with zero attached hydrogens (tertiary/aromatic N) is 2. The Morgan fingerprint density at radius 1 is 1.13 bits per heavy atom. The van der Waals surface area contributed by atoms with E-state index in [2.05, 4.69) is 5.32 Å². The van der Waals surface area contributed by atoms with Gasteiger partial charge in [0, 0.05) is 36.6 Å². The molecule has 160 valence electrons. The maximum atomic E-state index is 13.1. The Morgan fingerprint density at radius 3 is 2.60 bits per heavy atom. The van der Waals surface area contributed by atoms with E-state index in [0.29, 0.717) is 38.9 Å². The fourth-order valence-electron chi connectivity index (χ4n) is 3.97. The van der Waals surface area contributed by atoms with Crippen molar-refractivity contribution in [3.8, 4) is 0 Å². The van der Waals surface area contributed by atoms with Gasteiger partial charge in [-0.3, -0.25) is 9.59 Å². The first-order chi connectivity index (χ1) is 14.4. The molecule has 3 heterocycles. The lowest BCUT2D eigenvalue weighted by Crippen LogP contribution is -2.45. The van der Waals surface area contributed by atoms with E-state index in [0.717, 1.165) is 17.0 Å². The molecule has 2 aliphatic rings. The lowest BCUT2D eigenvalue weighted by atomic mass is 9.99. The first kappa shape index (κ1) is 21.0. The summed E-state index contributed by atoms with van der Waals surface area (Å²) in [6, 6.07) is 10.4. The van der Waals surface area contributed by atoms with Gasteiger partial charge in [-0.25, -0.2) is 8.42 Å². The van der Waals surface area contributed by atoms with Crippen LogP contribution in [0.15, 0.2) is 46.7 Å². The molecule has 1 atom stereocenters. The van der Waals surface area contributed by atoms with Gasteiger partial charge in [0.1, 0.15) is 0 Å². The topological polar surface area (TPSA) is 86.8 Å². The monoisotopic (exact) mass is 447 g/mol. The molecule has 1 aromatic carbocycles. The maximum Gasteiger partial charge on any atom is 0.243 e. The summed E-state index contributed by atoms with van der Waals surface area (Å²) >= 11 is 1.58. The summed E-state index contributed by atoms with van der Waals surface area (Å²) < 4.78 is 27.6. The number of hydrogen-bond donors (Lipinski definition) is 1. The zero-order valence-corrected chi connectivity index (χ0v) is 18.3. The molecule has 0 saturated carbocycles. The third-order valence-corrected chi connectivity index (χ3v) is 8.39. The second kappa shape index (κ2) is 8.87. The lowest BCUT2D eigenvalue weighted by molar-refractivity contribution is -0.126. The molecule has 0 spiro atoms. The molecular weight excluding hydrogens is 422 g/mol. The third-order valence-electron chi connectivity index (χ3n) is 5.63. The Hall–Kier alpha value is -2.23. The quantitative estimate of drug-likeness (QED) is 0.737. The minimum absolute atomic E-state index is 0.0676. The first-order valence-corrected chi connectivity index (χ1v) is 12.5. The van der Waals surface area contributed by atoms with Gasteiger partial charge in [-0.2, -0.15) is 4.31 Å². The first-order valence-electron chi connectivity index (χ1n) is 10.2. The SMILES string of the molecule is O=C(NCc1cccs1)[C@@H]1CCCN(S(=O)(=O)c2ccc(N3CCCC3=O)cc2)C1. The van der Waals surface area contributed by atoms with Crippen LogP contribution >= 0.6 is 11.3 Å². The highest BCUT2D eigenvalue weighted by molar-refractivity contribution is 7.89.